The molecule has 198 valence electrons. The minimum absolute atomic E-state index is 0.0243. The number of rotatable bonds is 11. The first kappa shape index (κ1) is 28.0. The average molecular weight is 552 g/mol. The van der Waals surface area contributed by atoms with Gasteiger partial charge in [0.25, 0.3) is 11.6 Å². The van der Waals surface area contributed by atoms with Crippen LogP contribution in [0.15, 0.2) is 41.3 Å². The number of carbonyl (C=O) groups is 2. The van der Waals surface area contributed by atoms with Crippen LogP contribution in [-0.4, -0.2) is 58.8 Å². The summed E-state index contributed by atoms with van der Waals surface area (Å²) in [6.07, 6.45) is 0.144. The summed E-state index contributed by atoms with van der Waals surface area (Å²) in [5, 5.41) is 13.2. The van der Waals surface area contributed by atoms with Gasteiger partial charge in [0.15, 0.2) is 6.61 Å². The van der Waals surface area contributed by atoms with Crippen molar-refractivity contribution in [2.75, 3.05) is 25.0 Å². The highest BCUT2D eigenvalue weighted by Gasteiger charge is 2.23. The van der Waals surface area contributed by atoms with Crippen LogP contribution in [0.3, 0.4) is 0 Å². The van der Waals surface area contributed by atoms with E-state index in [1.165, 1.54) is 28.6 Å². The predicted octanol–water partition coefficient (Wildman–Crippen LogP) is 3.28. The molecule has 3 aromatic rings. The number of fused-ring (bicyclic) bond motifs is 1. The highest BCUT2D eigenvalue weighted by Crippen LogP contribution is 2.26. The lowest BCUT2D eigenvalue weighted by Gasteiger charge is -2.18. The minimum Gasteiger partial charge on any atom is -0.456 e. The Kier molecular flexibility index (Phi) is 8.84. The van der Waals surface area contributed by atoms with E-state index in [0.29, 0.717) is 29.9 Å². The Bertz CT molecular complexity index is 1450. The summed E-state index contributed by atoms with van der Waals surface area (Å²) in [5.74, 6) is -0.748. The fourth-order valence-corrected chi connectivity index (χ4v) is 5.36. The zero-order chi connectivity index (χ0) is 27.3. The predicted molar refractivity (Wildman–Crippen MR) is 137 cm³/mol. The molecule has 1 heterocycles. The third kappa shape index (κ3) is 6.42. The third-order valence-corrected chi connectivity index (χ3v) is 8.00. The van der Waals surface area contributed by atoms with Gasteiger partial charge in [-0.1, -0.05) is 25.4 Å². The topological polar surface area (TPSA) is 154 Å². The number of benzene rings is 2. The minimum atomic E-state index is -3.63. The highest BCUT2D eigenvalue weighted by atomic mass is 35.5. The molecule has 0 aliphatic heterocycles. The van der Waals surface area contributed by atoms with Crippen LogP contribution in [0.4, 0.5) is 11.4 Å². The van der Waals surface area contributed by atoms with Gasteiger partial charge < -0.3 is 14.6 Å². The van der Waals surface area contributed by atoms with Crippen molar-refractivity contribution in [2.24, 2.45) is 7.05 Å². The number of imidazole rings is 1. The first-order valence-corrected chi connectivity index (χ1v) is 13.1. The molecule has 14 heteroatoms. The molecular weight excluding hydrogens is 526 g/mol. The maximum atomic E-state index is 12.8. The molecule has 0 saturated carbocycles. The molecule has 1 aromatic heterocycles. The zero-order valence-electron chi connectivity index (χ0n) is 20.4. The van der Waals surface area contributed by atoms with Gasteiger partial charge in [0.1, 0.15) is 5.82 Å². The number of anilines is 1. The van der Waals surface area contributed by atoms with E-state index in [-0.39, 0.29) is 34.1 Å². The SMILES string of the molecule is CCN(CC)S(=O)(=O)c1ccc2c(c1)nc(CCC(=O)OCC(=O)Nc1ccc([N+](=O)[O-])cc1Cl)n2C. The van der Waals surface area contributed by atoms with Gasteiger partial charge in [-0.05, 0) is 24.3 Å². The molecule has 0 spiro atoms. The van der Waals surface area contributed by atoms with E-state index in [4.69, 9.17) is 16.3 Å². The number of aryl methyl sites for hydroxylation is 2. The summed E-state index contributed by atoms with van der Waals surface area (Å²) in [5.41, 5.74) is 1.12. The van der Waals surface area contributed by atoms with Crippen molar-refractivity contribution in [3.05, 3.63) is 57.4 Å². The molecule has 37 heavy (non-hydrogen) atoms. The number of non-ortho nitro benzene ring substituents is 1. The lowest BCUT2D eigenvalue weighted by Crippen LogP contribution is -2.30. The van der Waals surface area contributed by atoms with Gasteiger partial charge in [-0.15, -0.1) is 0 Å². The molecule has 1 N–H and O–H groups in total. The number of sulfonamides is 1. The molecule has 0 unspecified atom stereocenters. The van der Waals surface area contributed by atoms with E-state index in [2.05, 4.69) is 10.3 Å². The molecule has 2 aromatic carbocycles. The van der Waals surface area contributed by atoms with Gasteiger partial charge >= 0.3 is 5.97 Å². The van der Waals surface area contributed by atoms with Gasteiger partial charge in [0.05, 0.1) is 38.0 Å². The summed E-state index contributed by atoms with van der Waals surface area (Å²) in [6, 6.07) is 8.29. The second-order valence-electron chi connectivity index (χ2n) is 7.96. The molecule has 3 rings (SSSR count). The Morgan fingerprint density at radius 3 is 2.51 bits per heavy atom. The Morgan fingerprint density at radius 1 is 1.19 bits per heavy atom. The Hall–Kier alpha value is -3.55. The average Bonchev–Trinajstić information content (AvgIpc) is 3.17. The van der Waals surface area contributed by atoms with Crippen molar-refractivity contribution < 1.29 is 27.7 Å². The number of amides is 1. The summed E-state index contributed by atoms with van der Waals surface area (Å²) in [7, 11) is -1.88. The first-order chi connectivity index (χ1) is 17.5. The summed E-state index contributed by atoms with van der Waals surface area (Å²) >= 11 is 5.94. The second-order valence-corrected chi connectivity index (χ2v) is 10.3. The van der Waals surface area contributed by atoms with Crippen LogP contribution in [0.5, 0.6) is 0 Å². The van der Waals surface area contributed by atoms with E-state index in [1.54, 1.807) is 31.5 Å². The number of nitro benzene ring substituents is 1. The molecule has 0 saturated heterocycles. The van der Waals surface area contributed by atoms with Crippen LogP contribution in [-0.2, 0) is 37.8 Å². The van der Waals surface area contributed by atoms with Crippen molar-refractivity contribution >= 4 is 55.9 Å². The number of carbonyl (C=O) groups excluding carboxylic acids is 2. The van der Waals surface area contributed by atoms with Gasteiger partial charge in [-0.3, -0.25) is 19.7 Å². The zero-order valence-corrected chi connectivity index (χ0v) is 22.0. The van der Waals surface area contributed by atoms with Crippen LogP contribution >= 0.6 is 11.6 Å². The maximum absolute atomic E-state index is 12.8. The molecule has 0 fully saturated rings. The summed E-state index contributed by atoms with van der Waals surface area (Å²) < 4.78 is 33.8. The fraction of sp³-hybridized carbons (Fsp3) is 0.348. The van der Waals surface area contributed by atoms with Crippen molar-refractivity contribution in [1.29, 1.82) is 0 Å². The van der Waals surface area contributed by atoms with Crippen LogP contribution in [0.2, 0.25) is 5.02 Å². The molecule has 1 amide bonds. The normalized spacial score (nSPS) is 11.6. The van der Waals surface area contributed by atoms with E-state index >= 15 is 0 Å². The van der Waals surface area contributed by atoms with Crippen molar-refractivity contribution in [2.45, 2.75) is 31.6 Å². The summed E-state index contributed by atoms with van der Waals surface area (Å²) in [6.45, 7) is 3.68. The van der Waals surface area contributed by atoms with Gasteiger partial charge in [0, 0.05) is 38.7 Å². The fourth-order valence-electron chi connectivity index (χ4n) is 3.66. The molecular formula is C23H26ClN5O7S. The van der Waals surface area contributed by atoms with E-state index in [9.17, 15) is 28.1 Å². The molecule has 0 aliphatic carbocycles. The second kappa shape index (κ2) is 11.7. The standard InChI is InChI=1S/C23H26ClN5O7S/c1-4-28(5-2)37(34,35)16-7-9-20-19(13-16)25-21(27(20)3)10-11-23(31)36-14-22(30)26-18-8-6-15(29(32)33)12-17(18)24/h6-9,12-13H,4-5,10-11,14H2,1-3H3,(H,26,30). The van der Waals surface area contributed by atoms with E-state index in [0.717, 1.165) is 6.07 Å². The number of halogens is 1. The van der Waals surface area contributed by atoms with Crippen molar-refractivity contribution in [3.63, 3.8) is 0 Å². The van der Waals surface area contributed by atoms with E-state index < -0.39 is 33.4 Å². The number of hydrogen-bond acceptors (Lipinski definition) is 8. The number of aromatic nitrogens is 2. The monoisotopic (exact) mass is 551 g/mol. The van der Waals surface area contributed by atoms with Crippen molar-refractivity contribution in [1.82, 2.24) is 13.9 Å². The van der Waals surface area contributed by atoms with Crippen LogP contribution in [0, 0.1) is 10.1 Å². The molecule has 0 aliphatic rings. The van der Waals surface area contributed by atoms with Gasteiger partial charge in [0.2, 0.25) is 10.0 Å². The third-order valence-electron chi connectivity index (χ3n) is 5.64. The summed E-state index contributed by atoms with van der Waals surface area (Å²) in [4.78, 5) is 39.1. The number of hydrogen-bond donors (Lipinski definition) is 1. The number of nitrogens with zero attached hydrogens (tertiary/aromatic N) is 4. The Balaban J connectivity index is 1.59. The van der Waals surface area contributed by atoms with Crippen LogP contribution < -0.4 is 5.32 Å². The molecule has 0 bridgehead atoms. The van der Waals surface area contributed by atoms with Crippen LogP contribution in [0.1, 0.15) is 26.1 Å². The highest BCUT2D eigenvalue weighted by molar-refractivity contribution is 7.89. The number of ether oxygens (including phenoxy) is 1. The molecule has 0 atom stereocenters. The number of nitro groups is 1. The smallest absolute Gasteiger partial charge is 0.306 e. The lowest BCUT2D eigenvalue weighted by atomic mass is 10.3. The first-order valence-electron chi connectivity index (χ1n) is 11.3. The number of esters is 1. The van der Waals surface area contributed by atoms with Crippen molar-refractivity contribution in [3.8, 4) is 0 Å². The maximum Gasteiger partial charge on any atom is 0.306 e. The lowest BCUT2D eigenvalue weighted by molar-refractivity contribution is -0.384. The molecule has 12 nitrogen and oxygen atoms in total. The molecule has 0 radical (unpaired) electrons. The Labute approximate surface area is 218 Å². The van der Waals surface area contributed by atoms with Gasteiger partial charge in [-0.25, -0.2) is 13.4 Å². The largest absolute Gasteiger partial charge is 0.456 e. The number of nitrogens with one attached hydrogen (secondary N) is 1. The van der Waals surface area contributed by atoms with Crippen LogP contribution in [0.25, 0.3) is 11.0 Å². The van der Waals surface area contributed by atoms with E-state index in [1.807, 2.05) is 0 Å². The Morgan fingerprint density at radius 2 is 1.89 bits per heavy atom. The quantitative estimate of drug-likeness (QED) is 0.216. The van der Waals surface area contributed by atoms with Gasteiger partial charge in [-0.2, -0.15) is 4.31 Å².